The summed E-state index contributed by atoms with van der Waals surface area (Å²) in [6, 6.07) is 5.60. The average Bonchev–Trinajstić information content (AvgIpc) is 2.47. The van der Waals surface area contributed by atoms with E-state index in [0.717, 1.165) is 24.8 Å². The molecule has 2 N–H and O–H groups in total. The van der Waals surface area contributed by atoms with E-state index in [1.54, 1.807) is 6.07 Å². The molecule has 0 amide bonds. The van der Waals surface area contributed by atoms with E-state index >= 15 is 0 Å². The van der Waals surface area contributed by atoms with Crippen LogP contribution in [0.3, 0.4) is 0 Å². The van der Waals surface area contributed by atoms with Gasteiger partial charge in [0.1, 0.15) is 5.82 Å². The largest absolute Gasteiger partial charge is 0.327 e. The fraction of sp³-hybridized carbons (Fsp3) is 0.538. The van der Waals surface area contributed by atoms with Gasteiger partial charge in [-0.2, -0.15) is 0 Å². The van der Waals surface area contributed by atoms with Gasteiger partial charge in [0.15, 0.2) is 0 Å². The van der Waals surface area contributed by atoms with Crippen LogP contribution in [0.5, 0.6) is 0 Å². The highest BCUT2D eigenvalue weighted by atomic mass is 79.9. The van der Waals surface area contributed by atoms with Gasteiger partial charge < -0.3 is 5.73 Å². The first kappa shape index (κ1) is 12.1. The quantitative estimate of drug-likeness (QED) is 0.777. The van der Waals surface area contributed by atoms with E-state index in [1.807, 2.05) is 12.1 Å². The molecule has 1 aromatic rings. The van der Waals surface area contributed by atoms with Gasteiger partial charge in [-0.05, 0) is 40.4 Å². The summed E-state index contributed by atoms with van der Waals surface area (Å²) in [6.45, 7) is 0. The maximum Gasteiger partial charge on any atom is 0.140 e. The first-order chi connectivity index (χ1) is 7.70. The van der Waals surface area contributed by atoms with E-state index < -0.39 is 0 Å². The number of hydrogen-bond acceptors (Lipinski definition) is 1. The predicted octanol–water partition coefficient (Wildman–Crippen LogP) is 3.96. The first-order valence-electron chi connectivity index (χ1n) is 5.89. The Hall–Kier alpha value is -0.410. The van der Waals surface area contributed by atoms with Crippen LogP contribution < -0.4 is 5.73 Å². The minimum absolute atomic E-state index is 0.103. The lowest BCUT2D eigenvalue weighted by molar-refractivity contribution is 0.478. The molecule has 0 aromatic heterocycles. The highest BCUT2D eigenvalue weighted by molar-refractivity contribution is 9.10. The average molecular weight is 286 g/mol. The molecule has 16 heavy (non-hydrogen) atoms. The van der Waals surface area contributed by atoms with Crippen molar-refractivity contribution >= 4 is 15.9 Å². The van der Waals surface area contributed by atoms with E-state index in [2.05, 4.69) is 15.9 Å². The molecule has 0 spiro atoms. The second-order valence-electron chi connectivity index (χ2n) is 4.55. The van der Waals surface area contributed by atoms with Crippen LogP contribution in [0.25, 0.3) is 0 Å². The van der Waals surface area contributed by atoms with Crippen molar-refractivity contribution in [3.8, 4) is 0 Å². The smallest absolute Gasteiger partial charge is 0.140 e. The molecule has 3 heteroatoms. The van der Waals surface area contributed by atoms with E-state index in [9.17, 15) is 4.39 Å². The molecule has 1 aromatic carbocycles. The molecule has 0 bridgehead atoms. The third-order valence-electron chi connectivity index (χ3n) is 3.45. The minimum Gasteiger partial charge on any atom is -0.327 e. The van der Waals surface area contributed by atoms with Crippen molar-refractivity contribution in [1.29, 1.82) is 0 Å². The highest BCUT2D eigenvalue weighted by Gasteiger charge is 2.24. The molecular formula is C13H17BrFN. The fourth-order valence-electron chi connectivity index (χ4n) is 2.53. The molecule has 0 aliphatic heterocycles. The lowest BCUT2D eigenvalue weighted by atomic mass is 9.88. The third-order valence-corrected chi connectivity index (χ3v) is 4.06. The summed E-state index contributed by atoms with van der Waals surface area (Å²) in [5.41, 5.74) is 6.93. The van der Waals surface area contributed by atoms with Gasteiger partial charge >= 0.3 is 0 Å². The van der Waals surface area contributed by atoms with Crippen molar-refractivity contribution in [1.82, 2.24) is 0 Å². The van der Waals surface area contributed by atoms with Crippen LogP contribution in [0.2, 0.25) is 0 Å². The zero-order valence-corrected chi connectivity index (χ0v) is 10.8. The van der Waals surface area contributed by atoms with Crippen molar-refractivity contribution in [3.63, 3.8) is 0 Å². The number of hydrogen-bond donors (Lipinski definition) is 1. The number of benzene rings is 1. The van der Waals surface area contributed by atoms with Crippen molar-refractivity contribution in [2.75, 3.05) is 0 Å². The summed E-state index contributed by atoms with van der Waals surface area (Å²) >= 11 is 3.24. The zero-order valence-electron chi connectivity index (χ0n) is 9.26. The maximum atomic E-state index is 14.0. The van der Waals surface area contributed by atoms with Gasteiger partial charge in [0.25, 0.3) is 0 Å². The number of halogens is 2. The molecule has 0 heterocycles. The lowest BCUT2D eigenvalue weighted by Gasteiger charge is -2.22. The standard InChI is InChI=1S/C13H17BrFN/c14-11-7-4-6-10(13(11)15)9-5-2-1-3-8-12(9)16/h4,6-7,9,12H,1-3,5,8,16H2. The molecule has 1 aliphatic carbocycles. The highest BCUT2D eigenvalue weighted by Crippen LogP contribution is 2.34. The Labute approximate surface area is 104 Å². The van der Waals surface area contributed by atoms with Crippen molar-refractivity contribution < 1.29 is 4.39 Å². The molecule has 0 saturated heterocycles. The topological polar surface area (TPSA) is 26.0 Å². The molecule has 2 atom stereocenters. The van der Waals surface area contributed by atoms with Gasteiger partial charge in [0.2, 0.25) is 0 Å². The minimum atomic E-state index is -0.134. The van der Waals surface area contributed by atoms with Gasteiger partial charge in [-0.1, -0.05) is 31.4 Å². The van der Waals surface area contributed by atoms with Crippen LogP contribution >= 0.6 is 15.9 Å². The third kappa shape index (κ3) is 2.46. The Morgan fingerprint density at radius 1 is 1.19 bits per heavy atom. The Bertz CT molecular complexity index is 367. The molecular weight excluding hydrogens is 269 g/mol. The normalized spacial score (nSPS) is 26.4. The molecule has 0 radical (unpaired) electrons. The predicted molar refractivity (Wildman–Crippen MR) is 67.9 cm³/mol. The summed E-state index contributed by atoms with van der Waals surface area (Å²) < 4.78 is 14.5. The summed E-state index contributed by atoms with van der Waals surface area (Å²) in [7, 11) is 0. The zero-order chi connectivity index (χ0) is 11.5. The monoisotopic (exact) mass is 285 g/mol. The van der Waals surface area contributed by atoms with Crippen LogP contribution in [0.15, 0.2) is 22.7 Å². The van der Waals surface area contributed by atoms with Crippen LogP contribution in [0.1, 0.15) is 43.6 Å². The first-order valence-corrected chi connectivity index (χ1v) is 6.69. The maximum absolute atomic E-state index is 14.0. The summed E-state index contributed by atoms with van der Waals surface area (Å²) in [4.78, 5) is 0. The Kier molecular flexibility index (Phi) is 3.98. The summed E-state index contributed by atoms with van der Waals surface area (Å²) in [6.07, 6.45) is 5.57. The SMILES string of the molecule is NC1CCCCCC1c1cccc(Br)c1F. The van der Waals surface area contributed by atoms with E-state index in [4.69, 9.17) is 5.73 Å². The number of rotatable bonds is 1. The van der Waals surface area contributed by atoms with Crippen molar-refractivity contribution in [2.45, 2.75) is 44.1 Å². The van der Waals surface area contributed by atoms with Gasteiger partial charge in [0.05, 0.1) is 4.47 Å². The molecule has 88 valence electrons. The molecule has 1 saturated carbocycles. The van der Waals surface area contributed by atoms with E-state index in [0.29, 0.717) is 4.47 Å². The van der Waals surface area contributed by atoms with Gasteiger partial charge in [-0.25, -0.2) is 4.39 Å². The van der Waals surface area contributed by atoms with Crippen LogP contribution in [0, 0.1) is 5.82 Å². The van der Waals surface area contributed by atoms with Crippen LogP contribution in [-0.2, 0) is 0 Å². The molecule has 2 unspecified atom stereocenters. The molecule has 1 fully saturated rings. The van der Waals surface area contributed by atoms with Gasteiger partial charge in [0, 0.05) is 12.0 Å². The molecule has 2 rings (SSSR count). The molecule has 1 nitrogen and oxygen atoms in total. The molecule has 1 aliphatic rings. The van der Waals surface area contributed by atoms with Gasteiger partial charge in [-0.3, -0.25) is 0 Å². The van der Waals surface area contributed by atoms with Crippen LogP contribution in [0.4, 0.5) is 4.39 Å². The summed E-state index contributed by atoms with van der Waals surface area (Å²) in [5, 5.41) is 0. The Balaban J connectivity index is 2.30. The Morgan fingerprint density at radius 2 is 1.94 bits per heavy atom. The second-order valence-corrected chi connectivity index (χ2v) is 5.41. The fourth-order valence-corrected chi connectivity index (χ4v) is 2.91. The number of nitrogens with two attached hydrogens (primary N) is 1. The van der Waals surface area contributed by atoms with Crippen molar-refractivity contribution in [3.05, 3.63) is 34.1 Å². The lowest BCUT2D eigenvalue weighted by Crippen LogP contribution is -2.27. The van der Waals surface area contributed by atoms with Crippen molar-refractivity contribution in [2.24, 2.45) is 5.73 Å². The van der Waals surface area contributed by atoms with Crippen LogP contribution in [-0.4, -0.2) is 6.04 Å². The Morgan fingerprint density at radius 3 is 2.75 bits per heavy atom. The summed E-state index contributed by atoms with van der Waals surface area (Å²) in [5.74, 6) is 0.0462. The van der Waals surface area contributed by atoms with E-state index in [-0.39, 0.29) is 17.8 Å². The second kappa shape index (κ2) is 5.28. The van der Waals surface area contributed by atoms with E-state index in [1.165, 1.54) is 12.8 Å². The van der Waals surface area contributed by atoms with Gasteiger partial charge in [-0.15, -0.1) is 0 Å².